The van der Waals surface area contributed by atoms with Crippen LogP contribution in [0.3, 0.4) is 0 Å². The van der Waals surface area contributed by atoms with E-state index in [1.54, 1.807) is 5.56 Å². The van der Waals surface area contributed by atoms with Crippen molar-refractivity contribution in [1.29, 1.82) is 0 Å². The second kappa shape index (κ2) is 6.47. The van der Waals surface area contributed by atoms with Gasteiger partial charge in [0.2, 0.25) is 0 Å². The maximum atomic E-state index is 2.56. The summed E-state index contributed by atoms with van der Waals surface area (Å²) in [4.78, 5) is 4.04. The number of benzene rings is 2. The quantitative estimate of drug-likeness (QED) is 0.800. The molecule has 1 aliphatic rings. The van der Waals surface area contributed by atoms with Crippen LogP contribution >= 0.6 is 11.8 Å². The van der Waals surface area contributed by atoms with Crippen LogP contribution in [0, 0.1) is 0 Å². The van der Waals surface area contributed by atoms with E-state index in [9.17, 15) is 0 Å². The van der Waals surface area contributed by atoms with Gasteiger partial charge >= 0.3 is 0 Å². The van der Waals surface area contributed by atoms with Crippen LogP contribution in [-0.2, 0) is 6.54 Å². The van der Waals surface area contributed by atoms with Gasteiger partial charge in [0.05, 0.1) is 0 Å². The van der Waals surface area contributed by atoms with Crippen molar-refractivity contribution in [2.75, 3.05) is 18.8 Å². The lowest BCUT2D eigenvalue weighted by atomic mass is 10.0. The Morgan fingerprint density at radius 1 is 1.05 bits per heavy atom. The second-order valence-corrected chi connectivity index (χ2v) is 6.42. The number of nitrogens with zero attached hydrogens (tertiary/aromatic N) is 1. The predicted molar refractivity (Wildman–Crippen MR) is 87.3 cm³/mol. The third kappa shape index (κ3) is 3.08. The number of fused-ring (bicyclic) bond motifs is 1. The molecule has 1 heterocycles. The zero-order valence-electron chi connectivity index (χ0n) is 12.0. The zero-order valence-corrected chi connectivity index (χ0v) is 12.8. The summed E-state index contributed by atoms with van der Waals surface area (Å²) in [5.41, 5.74) is 2.96. The smallest absolute Gasteiger partial charge is 0.0233 e. The van der Waals surface area contributed by atoms with Crippen molar-refractivity contribution in [1.82, 2.24) is 4.90 Å². The van der Waals surface area contributed by atoms with E-state index in [4.69, 9.17) is 0 Å². The summed E-state index contributed by atoms with van der Waals surface area (Å²) in [6.07, 6.45) is 0. The number of thioether (sulfide) groups is 1. The SMILES string of the molecule is CCN(Cc1ccccc1)CC1CSc2ccccc21. The van der Waals surface area contributed by atoms with Gasteiger partial charge in [0.15, 0.2) is 0 Å². The van der Waals surface area contributed by atoms with Gasteiger partial charge < -0.3 is 0 Å². The van der Waals surface area contributed by atoms with Gasteiger partial charge in [0.1, 0.15) is 0 Å². The number of likely N-dealkylation sites (N-methyl/N-ethyl adjacent to an activating group) is 1. The molecular formula is C18H21NS. The van der Waals surface area contributed by atoms with E-state index in [-0.39, 0.29) is 0 Å². The summed E-state index contributed by atoms with van der Waals surface area (Å²) in [6.45, 7) is 5.59. The van der Waals surface area contributed by atoms with Crippen LogP contribution in [0.5, 0.6) is 0 Å². The highest BCUT2D eigenvalue weighted by Crippen LogP contribution is 2.39. The van der Waals surface area contributed by atoms with E-state index in [0.717, 1.165) is 19.6 Å². The Morgan fingerprint density at radius 2 is 1.80 bits per heavy atom. The molecule has 2 aromatic carbocycles. The van der Waals surface area contributed by atoms with Crippen molar-refractivity contribution in [3.05, 3.63) is 65.7 Å². The fraction of sp³-hybridized carbons (Fsp3) is 0.333. The Balaban J connectivity index is 1.67. The van der Waals surface area contributed by atoms with Crippen molar-refractivity contribution < 1.29 is 0 Å². The van der Waals surface area contributed by atoms with Gasteiger partial charge in [-0.1, -0.05) is 55.5 Å². The van der Waals surface area contributed by atoms with Crippen molar-refractivity contribution in [2.45, 2.75) is 24.3 Å². The molecule has 0 aliphatic carbocycles. The van der Waals surface area contributed by atoms with E-state index in [1.807, 2.05) is 11.8 Å². The molecule has 0 saturated carbocycles. The molecule has 0 spiro atoms. The number of rotatable bonds is 5. The molecule has 1 atom stereocenters. The molecule has 0 fully saturated rings. The molecule has 0 aromatic heterocycles. The van der Waals surface area contributed by atoms with Gasteiger partial charge in [0, 0.05) is 29.7 Å². The normalized spacial score (nSPS) is 17.4. The molecule has 1 unspecified atom stereocenters. The first-order valence-corrected chi connectivity index (χ1v) is 8.33. The van der Waals surface area contributed by atoms with Gasteiger partial charge in [-0.15, -0.1) is 11.8 Å². The highest BCUT2D eigenvalue weighted by molar-refractivity contribution is 7.99. The Hall–Kier alpha value is -1.25. The molecule has 104 valence electrons. The number of hydrogen-bond donors (Lipinski definition) is 0. The maximum absolute atomic E-state index is 2.56. The van der Waals surface area contributed by atoms with E-state index in [2.05, 4.69) is 66.4 Å². The van der Waals surface area contributed by atoms with Crippen LogP contribution in [0.4, 0.5) is 0 Å². The van der Waals surface area contributed by atoms with E-state index < -0.39 is 0 Å². The summed E-state index contributed by atoms with van der Waals surface area (Å²) >= 11 is 2.01. The second-order valence-electron chi connectivity index (χ2n) is 5.36. The predicted octanol–water partition coefficient (Wildman–Crippen LogP) is 4.40. The van der Waals surface area contributed by atoms with Crippen LogP contribution in [0.15, 0.2) is 59.5 Å². The average molecular weight is 283 g/mol. The fourth-order valence-electron chi connectivity index (χ4n) is 2.84. The molecule has 0 radical (unpaired) electrons. The standard InChI is InChI=1S/C18H21NS/c1-2-19(12-15-8-4-3-5-9-15)13-16-14-20-18-11-7-6-10-17(16)18/h3-11,16H,2,12-14H2,1H3. The minimum Gasteiger partial charge on any atom is -0.299 e. The lowest BCUT2D eigenvalue weighted by Crippen LogP contribution is -2.28. The zero-order chi connectivity index (χ0) is 13.8. The molecule has 0 saturated heterocycles. The molecule has 1 nitrogen and oxygen atoms in total. The van der Waals surface area contributed by atoms with Gasteiger partial charge in [-0.3, -0.25) is 4.90 Å². The molecule has 2 heteroatoms. The van der Waals surface area contributed by atoms with Gasteiger partial charge in [-0.25, -0.2) is 0 Å². The first kappa shape index (κ1) is 13.7. The molecule has 0 amide bonds. The molecule has 2 aromatic rings. The summed E-state index contributed by atoms with van der Waals surface area (Å²) < 4.78 is 0. The lowest BCUT2D eigenvalue weighted by molar-refractivity contribution is 0.267. The first-order valence-electron chi connectivity index (χ1n) is 7.35. The van der Waals surface area contributed by atoms with Gasteiger partial charge in [-0.05, 0) is 23.7 Å². The van der Waals surface area contributed by atoms with Crippen LogP contribution in [-0.4, -0.2) is 23.7 Å². The Kier molecular flexibility index (Phi) is 4.44. The van der Waals surface area contributed by atoms with Crippen LogP contribution < -0.4 is 0 Å². The molecule has 1 aliphatic heterocycles. The third-order valence-corrected chi connectivity index (χ3v) is 5.23. The Morgan fingerprint density at radius 3 is 2.60 bits per heavy atom. The monoisotopic (exact) mass is 283 g/mol. The number of hydrogen-bond acceptors (Lipinski definition) is 2. The largest absolute Gasteiger partial charge is 0.299 e. The molecule has 0 N–H and O–H groups in total. The van der Waals surface area contributed by atoms with Gasteiger partial charge in [-0.2, -0.15) is 0 Å². The van der Waals surface area contributed by atoms with Gasteiger partial charge in [0.25, 0.3) is 0 Å². The van der Waals surface area contributed by atoms with E-state index in [0.29, 0.717) is 5.92 Å². The molecule has 0 bridgehead atoms. The highest BCUT2D eigenvalue weighted by atomic mass is 32.2. The molecule has 3 rings (SSSR count). The van der Waals surface area contributed by atoms with Crippen LogP contribution in [0.25, 0.3) is 0 Å². The summed E-state index contributed by atoms with van der Waals surface area (Å²) in [7, 11) is 0. The Bertz CT molecular complexity index is 552. The topological polar surface area (TPSA) is 3.24 Å². The summed E-state index contributed by atoms with van der Waals surface area (Å²) in [5.74, 6) is 1.91. The first-order chi connectivity index (χ1) is 9.86. The van der Waals surface area contributed by atoms with E-state index in [1.165, 1.54) is 16.2 Å². The average Bonchev–Trinajstić information content (AvgIpc) is 2.91. The Labute approximate surface area is 126 Å². The van der Waals surface area contributed by atoms with Crippen molar-refractivity contribution in [3.63, 3.8) is 0 Å². The highest BCUT2D eigenvalue weighted by Gasteiger charge is 2.24. The van der Waals surface area contributed by atoms with Crippen molar-refractivity contribution >= 4 is 11.8 Å². The third-order valence-electron chi connectivity index (χ3n) is 3.97. The fourth-order valence-corrected chi connectivity index (χ4v) is 4.08. The van der Waals surface area contributed by atoms with Crippen molar-refractivity contribution in [2.24, 2.45) is 0 Å². The molecule has 20 heavy (non-hydrogen) atoms. The summed E-state index contributed by atoms with van der Waals surface area (Å²) in [6, 6.07) is 19.7. The van der Waals surface area contributed by atoms with Crippen molar-refractivity contribution in [3.8, 4) is 0 Å². The summed E-state index contributed by atoms with van der Waals surface area (Å²) in [5, 5.41) is 0. The van der Waals surface area contributed by atoms with Crippen LogP contribution in [0.2, 0.25) is 0 Å². The lowest BCUT2D eigenvalue weighted by Gasteiger charge is -2.24. The minimum absolute atomic E-state index is 0.680. The minimum atomic E-state index is 0.680. The van der Waals surface area contributed by atoms with Crippen LogP contribution in [0.1, 0.15) is 24.0 Å². The maximum Gasteiger partial charge on any atom is 0.0233 e. The molecular weight excluding hydrogens is 262 g/mol. The van der Waals surface area contributed by atoms with E-state index >= 15 is 0 Å².